The molecule has 1 spiro atoms. The van der Waals surface area contributed by atoms with Crippen molar-refractivity contribution in [2.24, 2.45) is 0 Å². The number of hydrogen-bond donors (Lipinski definition) is 0. The van der Waals surface area contributed by atoms with Crippen molar-refractivity contribution in [2.75, 3.05) is 32.8 Å². The normalized spacial score (nSPS) is 20.8. The number of para-hydroxylation sites is 1. The molecule has 30 heavy (non-hydrogen) atoms. The Balaban J connectivity index is 1.60. The minimum absolute atomic E-state index is 0.0388. The number of carbonyl (C=O) groups excluding carboxylic acids is 2. The molecule has 3 aliphatic rings. The average molecular weight is 417 g/mol. The Kier molecular flexibility index (Phi) is 5.55. The summed E-state index contributed by atoms with van der Waals surface area (Å²) in [5.41, 5.74) is -0.352. The molecule has 2 fully saturated rings. The molecule has 4 rings (SSSR count). The van der Waals surface area contributed by atoms with Crippen LogP contribution in [0.5, 0.6) is 11.5 Å². The molecular formula is C23H32N2O5. The van der Waals surface area contributed by atoms with Crippen molar-refractivity contribution in [2.45, 2.75) is 64.0 Å². The zero-order valence-corrected chi connectivity index (χ0v) is 18.2. The fourth-order valence-corrected chi connectivity index (χ4v) is 4.80. The van der Waals surface area contributed by atoms with Gasteiger partial charge in [0, 0.05) is 19.6 Å². The highest BCUT2D eigenvalue weighted by molar-refractivity contribution is 5.98. The Labute approximate surface area is 178 Å². The van der Waals surface area contributed by atoms with Crippen LogP contribution in [-0.4, -0.2) is 65.8 Å². The van der Waals surface area contributed by atoms with Crippen molar-refractivity contribution in [1.29, 1.82) is 0 Å². The van der Waals surface area contributed by atoms with Gasteiger partial charge in [-0.25, -0.2) is 4.79 Å². The first kappa shape index (κ1) is 20.8. The maximum atomic E-state index is 13.7. The zero-order chi connectivity index (χ0) is 21.4. The Hall–Kier alpha value is -2.44. The minimum Gasteiger partial charge on any atom is -0.486 e. The van der Waals surface area contributed by atoms with Crippen LogP contribution in [0.1, 0.15) is 63.2 Å². The van der Waals surface area contributed by atoms with E-state index in [9.17, 15) is 9.59 Å². The molecule has 0 N–H and O–H groups in total. The summed E-state index contributed by atoms with van der Waals surface area (Å²) >= 11 is 0. The van der Waals surface area contributed by atoms with Crippen molar-refractivity contribution in [3.8, 4) is 11.5 Å². The van der Waals surface area contributed by atoms with Crippen LogP contribution in [0.3, 0.4) is 0 Å². The molecule has 0 radical (unpaired) electrons. The van der Waals surface area contributed by atoms with Gasteiger partial charge in [-0.15, -0.1) is 0 Å². The number of nitrogens with zero attached hydrogens (tertiary/aromatic N) is 2. The van der Waals surface area contributed by atoms with Crippen molar-refractivity contribution in [1.82, 2.24) is 9.80 Å². The second kappa shape index (κ2) is 8.00. The number of fused-ring (bicyclic) bond motifs is 1. The van der Waals surface area contributed by atoms with Crippen LogP contribution in [0.15, 0.2) is 18.2 Å². The van der Waals surface area contributed by atoms with Crippen LogP contribution in [0.2, 0.25) is 0 Å². The third kappa shape index (κ3) is 4.07. The highest BCUT2D eigenvalue weighted by Gasteiger charge is 2.47. The number of ether oxygens (including phenoxy) is 3. The molecule has 164 valence electrons. The van der Waals surface area contributed by atoms with Crippen LogP contribution in [0.4, 0.5) is 4.79 Å². The van der Waals surface area contributed by atoms with Gasteiger partial charge in [-0.3, -0.25) is 4.79 Å². The predicted molar refractivity (Wildman–Crippen MR) is 112 cm³/mol. The lowest BCUT2D eigenvalue weighted by atomic mass is 9.78. The number of amides is 2. The van der Waals surface area contributed by atoms with E-state index in [1.807, 2.05) is 43.9 Å². The number of piperazine rings is 1. The molecule has 0 bridgehead atoms. The van der Waals surface area contributed by atoms with E-state index in [1.165, 1.54) is 0 Å². The van der Waals surface area contributed by atoms with Crippen molar-refractivity contribution in [3.63, 3.8) is 0 Å². The van der Waals surface area contributed by atoms with E-state index < -0.39 is 5.60 Å². The van der Waals surface area contributed by atoms with Gasteiger partial charge < -0.3 is 24.0 Å². The smallest absolute Gasteiger partial charge is 0.410 e. The SMILES string of the molecule is CC(C)(C)OC(=O)N1CCN(C(=O)c2cccc3c2OCCO3)C2(CCCCC2)C1. The van der Waals surface area contributed by atoms with Crippen molar-refractivity contribution in [3.05, 3.63) is 23.8 Å². The van der Waals surface area contributed by atoms with Gasteiger partial charge in [0.05, 0.1) is 11.1 Å². The topological polar surface area (TPSA) is 68.3 Å². The van der Waals surface area contributed by atoms with Gasteiger partial charge in [0.2, 0.25) is 0 Å². The van der Waals surface area contributed by atoms with E-state index in [2.05, 4.69) is 0 Å². The lowest BCUT2D eigenvalue weighted by molar-refractivity contribution is -0.0311. The Morgan fingerprint density at radius 3 is 2.50 bits per heavy atom. The molecule has 0 aromatic heterocycles. The van der Waals surface area contributed by atoms with Gasteiger partial charge in [-0.1, -0.05) is 25.3 Å². The van der Waals surface area contributed by atoms with Gasteiger partial charge in [-0.2, -0.15) is 0 Å². The van der Waals surface area contributed by atoms with Crippen molar-refractivity contribution < 1.29 is 23.8 Å². The third-order valence-corrected chi connectivity index (χ3v) is 6.13. The minimum atomic E-state index is -0.537. The van der Waals surface area contributed by atoms with E-state index in [4.69, 9.17) is 14.2 Å². The van der Waals surface area contributed by atoms with E-state index in [1.54, 1.807) is 4.90 Å². The van der Waals surface area contributed by atoms with Gasteiger partial charge in [0.1, 0.15) is 18.8 Å². The largest absolute Gasteiger partial charge is 0.486 e. The summed E-state index contributed by atoms with van der Waals surface area (Å²) in [4.78, 5) is 30.2. The van der Waals surface area contributed by atoms with Gasteiger partial charge in [0.25, 0.3) is 5.91 Å². The second-order valence-electron chi connectivity index (χ2n) is 9.47. The van der Waals surface area contributed by atoms with Crippen LogP contribution in [-0.2, 0) is 4.74 Å². The summed E-state index contributed by atoms with van der Waals surface area (Å²) in [7, 11) is 0. The zero-order valence-electron chi connectivity index (χ0n) is 18.2. The molecule has 1 aromatic rings. The lowest BCUT2D eigenvalue weighted by Gasteiger charge is -2.52. The first-order chi connectivity index (χ1) is 14.3. The first-order valence-electron chi connectivity index (χ1n) is 11.0. The number of benzene rings is 1. The number of hydrogen-bond acceptors (Lipinski definition) is 5. The monoisotopic (exact) mass is 416 g/mol. The number of carbonyl (C=O) groups is 2. The van der Waals surface area contributed by atoms with Gasteiger partial charge >= 0.3 is 6.09 Å². The molecule has 7 nitrogen and oxygen atoms in total. The van der Waals surface area contributed by atoms with Crippen LogP contribution in [0, 0.1) is 0 Å². The molecule has 1 saturated heterocycles. The predicted octanol–water partition coefficient (Wildman–Crippen LogP) is 3.85. The van der Waals surface area contributed by atoms with E-state index in [0.717, 1.165) is 32.1 Å². The maximum absolute atomic E-state index is 13.7. The summed E-state index contributed by atoms with van der Waals surface area (Å²) in [6, 6.07) is 5.49. The summed E-state index contributed by atoms with van der Waals surface area (Å²) in [6.45, 7) is 8.03. The van der Waals surface area contributed by atoms with E-state index in [0.29, 0.717) is 49.9 Å². The average Bonchev–Trinajstić information content (AvgIpc) is 2.72. The van der Waals surface area contributed by atoms with E-state index in [-0.39, 0.29) is 17.5 Å². The standard InChI is InChI=1S/C23H32N2O5/c1-22(2,3)30-21(27)24-12-13-25(23(16-24)10-5-4-6-11-23)20(26)17-8-7-9-18-19(17)29-15-14-28-18/h7-9H,4-6,10-16H2,1-3H3. The highest BCUT2D eigenvalue weighted by atomic mass is 16.6. The first-order valence-corrected chi connectivity index (χ1v) is 11.0. The number of rotatable bonds is 1. The fraction of sp³-hybridized carbons (Fsp3) is 0.652. The summed E-state index contributed by atoms with van der Waals surface area (Å²) in [5, 5.41) is 0. The van der Waals surface area contributed by atoms with Gasteiger partial charge in [0.15, 0.2) is 11.5 Å². The van der Waals surface area contributed by atoms with Crippen molar-refractivity contribution >= 4 is 12.0 Å². The fourth-order valence-electron chi connectivity index (χ4n) is 4.80. The molecule has 2 heterocycles. The summed E-state index contributed by atoms with van der Waals surface area (Å²) in [5.74, 6) is 1.12. The Morgan fingerprint density at radius 1 is 1.03 bits per heavy atom. The third-order valence-electron chi connectivity index (χ3n) is 6.13. The maximum Gasteiger partial charge on any atom is 0.410 e. The molecule has 1 aromatic carbocycles. The van der Waals surface area contributed by atoms with E-state index >= 15 is 0 Å². The molecule has 1 saturated carbocycles. The molecule has 2 amide bonds. The molecule has 0 unspecified atom stereocenters. The van der Waals surface area contributed by atoms with Crippen LogP contribution < -0.4 is 9.47 Å². The Morgan fingerprint density at radius 2 is 1.77 bits per heavy atom. The summed E-state index contributed by atoms with van der Waals surface area (Å²) in [6.07, 6.45) is 4.76. The molecular weight excluding hydrogens is 384 g/mol. The molecule has 7 heteroatoms. The lowest BCUT2D eigenvalue weighted by Crippen LogP contribution is -2.65. The Bertz CT molecular complexity index is 810. The van der Waals surface area contributed by atoms with Crippen LogP contribution >= 0.6 is 0 Å². The van der Waals surface area contributed by atoms with Crippen LogP contribution in [0.25, 0.3) is 0 Å². The second-order valence-corrected chi connectivity index (χ2v) is 9.47. The van der Waals surface area contributed by atoms with Gasteiger partial charge in [-0.05, 0) is 45.7 Å². The molecule has 2 aliphatic heterocycles. The molecule has 0 atom stereocenters. The highest BCUT2D eigenvalue weighted by Crippen LogP contribution is 2.40. The molecule has 1 aliphatic carbocycles. The quantitative estimate of drug-likeness (QED) is 0.696. The summed E-state index contributed by atoms with van der Waals surface area (Å²) < 4.78 is 17.1.